The first kappa shape index (κ1) is 32.3. The Bertz CT molecular complexity index is 1490. The van der Waals surface area contributed by atoms with E-state index >= 15 is 0 Å². The van der Waals surface area contributed by atoms with Crippen LogP contribution in [0.4, 0.5) is 4.39 Å². The molecular weight excluding hydrogens is 573 g/mol. The third-order valence-corrected chi connectivity index (χ3v) is 9.41. The quantitative estimate of drug-likeness (QED) is 0.297. The SMILES string of the molecule is Cc1c(F)cccc1[C@@H]1[C@@H](C(=O)c2cccc(O)c2)CN(CCC[C@@H](C(=O)N2CCC2)N(C)C)C[C@H]1C(=O)c1cccc(O)c1. The van der Waals surface area contributed by atoms with Crippen molar-refractivity contribution < 1.29 is 29.0 Å². The summed E-state index contributed by atoms with van der Waals surface area (Å²) in [6.45, 7) is 4.44. The van der Waals surface area contributed by atoms with Crippen LogP contribution in [-0.4, -0.2) is 95.2 Å². The minimum Gasteiger partial charge on any atom is -0.508 e. The maximum atomic E-state index is 15.0. The highest BCUT2D eigenvalue weighted by molar-refractivity contribution is 6.02. The van der Waals surface area contributed by atoms with Crippen molar-refractivity contribution >= 4 is 17.5 Å². The molecule has 0 aliphatic carbocycles. The number of hydrogen-bond donors (Lipinski definition) is 2. The van der Waals surface area contributed by atoms with Crippen molar-refractivity contribution in [2.75, 3.05) is 46.8 Å². The van der Waals surface area contributed by atoms with Gasteiger partial charge in [-0.1, -0.05) is 36.4 Å². The predicted octanol–water partition coefficient (Wildman–Crippen LogP) is 4.89. The summed E-state index contributed by atoms with van der Waals surface area (Å²) >= 11 is 0. The molecule has 5 rings (SSSR count). The van der Waals surface area contributed by atoms with E-state index in [-0.39, 0.29) is 35.0 Å². The minimum atomic E-state index is -0.723. The molecule has 0 radical (unpaired) electrons. The molecule has 3 aromatic rings. The van der Waals surface area contributed by atoms with E-state index < -0.39 is 23.6 Å². The number of aromatic hydroxyl groups is 2. The monoisotopic (exact) mass is 615 g/mol. The van der Waals surface area contributed by atoms with Crippen LogP contribution in [0.25, 0.3) is 0 Å². The number of piperidine rings is 1. The molecule has 3 aromatic carbocycles. The first-order valence-electron chi connectivity index (χ1n) is 15.6. The van der Waals surface area contributed by atoms with Gasteiger partial charge in [-0.15, -0.1) is 0 Å². The predicted molar refractivity (Wildman–Crippen MR) is 170 cm³/mol. The smallest absolute Gasteiger partial charge is 0.239 e. The average Bonchev–Trinajstić information content (AvgIpc) is 2.98. The summed E-state index contributed by atoms with van der Waals surface area (Å²) in [5.41, 5.74) is 1.62. The summed E-state index contributed by atoms with van der Waals surface area (Å²) in [7, 11) is 3.81. The van der Waals surface area contributed by atoms with E-state index in [1.807, 2.05) is 23.9 Å². The third kappa shape index (κ3) is 7.10. The summed E-state index contributed by atoms with van der Waals surface area (Å²) in [6.07, 6.45) is 2.32. The Morgan fingerprint density at radius 2 is 1.44 bits per heavy atom. The lowest BCUT2D eigenvalue weighted by Crippen LogP contribution is -2.52. The van der Waals surface area contributed by atoms with Crippen LogP contribution in [0.3, 0.4) is 0 Å². The molecule has 0 saturated carbocycles. The van der Waals surface area contributed by atoms with Crippen molar-refractivity contribution in [3.8, 4) is 11.5 Å². The lowest BCUT2D eigenvalue weighted by molar-refractivity contribution is -0.139. The minimum absolute atomic E-state index is 0.0408. The van der Waals surface area contributed by atoms with Crippen LogP contribution in [0, 0.1) is 24.6 Å². The van der Waals surface area contributed by atoms with Gasteiger partial charge >= 0.3 is 0 Å². The van der Waals surface area contributed by atoms with Crippen molar-refractivity contribution in [2.24, 2.45) is 11.8 Å². The summed E-state index contributed by atoms with van der Waals surface area (Å²) in [6, 6.07) is 16.8. The van der Waals surface area contributed by atoms with E-state index in [0.717, 1.165) is 19.5 Å². The van der Waals surface area contributed by atoms with Crippen molar-refractivity contribution in [3.63, 3.8) is 0 Å². The molecule has 2 aliphatic heterocycles. The van der Waals surface area contributed by atoms with Crippen molar-refractivity contribution in [3.05, 3.63) is 94.8 Å². The summed E-state index contributed by atoms with van der Waals surface area (Å²) in [4.78, 5) is 47.5. The Kier molecular flexibility index (Phi) is 9.99. The first-order chi connectivity index (χ1) is 21.5. The average molecular weight is 616 g/mol. The molecule has 1 amide bonds. The molecule has 2 fully saturated rings. The highest BCUT2D eigenvalue weighted by atomic mass is 19.1. The maximum absolute atomic E-state index is 15.0. The number of hydrogen-bond acceptors (Lipinski definition) is 7. The van der Waals surface area contributed by atoms with Gasteiger partial charge in [-0.05, 0) is 88.3 Å². The number of rotatable bonds is 11. The number of phenols is 2. The van der Waals surface area contributed by atoms with Crippen LogP contribution in [-0.2, 0) is 4.79 Å². The topological polar surface area (TPSA) is 101 Å². The number of amides is 1. The molecule has 0 aromatic heterocycles. The maximum Gasteiger partial charge on any atom is 0.239 e. The summed E-state index contributed by atoms with van der Waals surface area (Å²) in [5.74, 6) is -2.94. The van der Waals surface area contributed by atoms with E-state index in [0.29, 0.717) is 54.7 Å². The van der Waals surface area contributed by atoms with Gasteiger partial charge in [0.1, 0.15) is 17.3 Å². The van der Waals surface area contributed by atoms with Crippen molar-refractivity contribution in [2.45, 2.75) is 38.1 Å². The van der Waals surface area contributed by atoms with E-state index in [1.165, 1.54) is 30.3 Å². The molecule has 2 aliphatic rings. The highest BCUT2D eigenvalue weighted by Crippen LogP contribution is 2.43. The van der Waals surface area contributed by atoms with E-state index in [9.17, 15) is 29.0 Å². The Hall–Kier alpha value is -4.08. The normalized spacial score (nSPS) is 20.9. The molecule has 238 valence electrons. The fourth-order valence-electron chi connectivity index (χ4n) is 6.84. The Labute approximate surface area is 264 Å². The third-order valence-electron chi connectivity index (χ3n) is 9.41. The number of likely N-dealkylation sites (N-methyl/N-ethyl adjacent to an activating group) is 1. The number of phenolic OH excluding ortho intramolecular Hbond substituents is 2. The molecule has 2 saturated heterocycles. The van der Waals surface area contributed by atoms with E-state index in [4.69, 9.17) is 0 Å². The van der Waals surface area contributed by atoms with Gasteiger partial charge in [0.15, 0.2) is 11.6 Å². The lowest BCUT2D eigenvalue weighted by atomic mass is 9.67. The Balaban J connectivity index is 1.50. The van der Waals surface area contributed by atoms with Gasteiger partial charge in [-0.25, -0.2) is 4.39 Å². The molecular formula is C36H42FN3O5. The number of halogens is 1. The zero-order chi connectivity index (χ0) is 32.2. The fourth-order valence-corrected chi connectivity index (χ4v) is 6.84. The van der Waals surface area contributed by atoms with Crippen LogP contribution in [0.1, 0.15) is 57.0 Å². The number of Topliss-reactive ketones (excluding diaryl/α,β-unsaturated/α-hetero) is 2. The van der Waals surface area contributed by atoms with Gasteiger partial charge in [-0.3, -0.25) is 19.3 Å². The largest absolute Gasteiger partial charge is 0.508 e. The van der Waals surface area contributed by atoms with Crippen molar-refractivity contribution in [1.82, 2.24) is 14.7 Å². The number of carbonyl (C=O) groups excluding carboxylic acids is 3. The number of likely N-dealkylation sites (tertiary alicyclic amines) is 2. The molecule has 0 unspecified atom stereocenters. The zero-order valence-electron chi connectivity index (χ0n) is 26.2. The molecule has 4 atom stereocenters. The number of carbonyl (C=O) groups is 3. The number of ketones is 2. The van der Waals surface area contributed by atoms with Gasteiger partial charge in [0.25, 0.3) is 0 Å². The molecule has 0 bridgehead atoms. The second-order valence-electron chi connectivity index (χ2n) is 12.6. The van der Waals surface area contributed by atoms with Gasteiger partial charge in [0, 0.05) is 55.1 Å². The molecule has 2 N–H and O–H groups in total. The number of nitrogens with zero attached hydrogens (tertiary/aromatic N) is 3. The summed E-state index contributed by atoms with van der Waals surface area (Å²) < 4.78 is 15.0. The highest BCUT2D eigenvalue weighted by Gasteiger charge is 2.45. The van der Waals surface area contributed by atoms with Crippen LogP contribution in [0.15, 0.2) is 66.7 Å². The zero-order valence-corrected chi connectivity index (χ0v) is 26.2. The second-order valence-corrected chi connectivity index (χ2v) is 12.6. The van der Waals surface area contributed by atoms with Gasteiger partial charge in [-0.2, -0.15) is 0 Å². The molecule has 2 heterocycles. The Morgan fingerprint density at radius 3 is 1.93 bits per heavy atom. The standard InChI is InChI=1S/C36H42FN3O5/c1-23-28(13-6-14-31(23)37)33-29(34(43)24-9-4-11-26(41)19-24)21-39(22-30(33)35(44)25-10-5-12-27(42)20-25)16-7-15-32(38(2)3)36(45)40-17-8-18-40/h4-6,9-14,19-20,29-30,32-33,41-42H,7-8,15-18,21-22H2,1-3H3/t29-,30+,32-,33+/m0/s1. The van der Waals surface area contributed by atoms with Gasteiger partial charge in [0.05, 0.1) is 6.04 Å². The molecule has 45 heavy (non-hydrogen) atoms. The second kappa shape index (κ2) is 13.9. The number of benzene rings is 3. The van der Waals surface area contributed by atoms with Crippen molar-refractivity contribution in [1.29, 1.82) is 0 Å². The lowest BCUT2D eigenvalue weighted by Gasteiger charge is -2.44. The molecule has 8 nitrogen and oxygen atoms in total. The first-order valence-corrected chi connectivity index (χ1v) is 15.6. The molecule has 0 spiro atoms. The van der Waals surface area contributed by atoms with E-state index in [1.54, 1.807) is 43.3 Å². The van der Waals surface area contributed by atoms with Gasteiger partial charge < -0.3 is 20.0 Å². The molecule has 9 heteroatoms. The van der Waals surface area contributed by atoms with Crippen LogP contribution < -0.4 is 0 Å². The van der Waals surface area contributed by atoms with Crippen LogP contribution >= 0.6 is 0 Å². The van der Waals surface area contributed by atoms with Crippen LogP contribution in [0.5, 0.6) is 11.5 Å². The van der Waals surface area contributed by atoms with Crippen LogP contribution in [0.2, 0.25) is 0 Å². The Morgan fingerprint density at radius 1 is 0.889 bits per heavy atom. The summed E-state index contributed by atoms with van der Waals surface area (Å²) in [5, 5.41) is 20.4. The fraction of sp³-hybridized carbons (Fsp3) is 0.417. The van der Waals surface area contributed by atoms with Gasteiger partial charge in [0.2, 0.25) is 5.91 Å². The van der Waals surface area contributed by atoms with E-state index in [2.05, 4.69) is 4.90 Å².